The fraction of sp³-hybridized carbons (Fsp3) is 0.519. The highest BCUT2D eigenvalue weighted by Gasteiger charge is 2.33. The van der Waals surface area contributed by atoms with Gasteiger partial charge in [0.15, 0.2) is 0 Å². The molecule has 68 heavy (non-hydrogen) atoms. The third-order valence-electron chi connectivity index (χ3n) is 12.4. The lowest BCUT2D eigenvalue weighted by Crippen LogP contribution is -2.58. The molecule has 15 nitrogen and oxygen atoms in total. The second-order valence-electron chi connectivity index (χ2n) is 19.2. The number of amides is 3. The van der Waals surface area contributed by atoms with Crippen LogP contribution in [0.1, 0.15) is 104 Å². The summed E-state index contributed by atoms with van der Waals surface area (Å²) in [5.74, 6) is -0.898. The van der Waals surface area contributed by atoms with Crippen LogP contribution >= 0.6 is 0 Å². The number of allylic oxidation sites excluding steroid dienone is 1. The number of aryl methyl sites for hydroxylation is 1. The number of ether oxygens (including phenoxy) is 2. The number of hydrogen-bond acceptors (Lipinski definition) is 10. The number of aromatic nitrogens is 2. The van der Waals surface area contributed by atoms with E-state index in [0.29, 0.717) is 44.5 Å². The van der Waals surface area contributed by atoms with Gasteiger partial charge in [-0.25, -0.2) is 13.9 Å². The minimum absolute atomic E-state index is 0.0182. The molecule has 4 atom stereocenters. The number of phenols is 1. The Morgan fingerprint density at radius 3 is 2.35 bits per heavy atom. The molecular weight excluding hydrogens is 883 g/mol. The maximum absolute atomic E-state index is 14.0. The van der Waals surface area contributed by atoms with E-state index in [2.05, 4.69) is 54.3 Å². The third-order valence-corrected chi connectivity index (χ3v) is 14.0. The van der Waals surface area contributed by atoms with E-state index in [1.807, 2.05) is 62.5 Å². The van der Waals surface area contributed by atoms with Crippen molar-refractivity contribution in [2.24, 2.45) is 11.3 Å². The molecule has 0 bridgehead atoms. The Hall–Kier alpha value is -5.42. The average molecular weight is 956 g/mol. The van der Waals surface area contributed by atoms with Crippen LogP contribution in [0.4, 0.5) is 0 Å². The van der Waals surface area contributed by atoms with Crippen molar-refractivity contribution in [1.29, 1.82) is 0 Å². The highest BCUT2D eigenvalue weighted by atomic mass is 32.2. The molecule has 2 aromatic carbocycles. The standard InChI is InChI=1S/C44H58N6O7.C8H15NOS/c1-9-49-38-15-14-31(23-35(38)36(24-44(5,6)25-57-27-52)41(49)34-13-12-16-45-39(34)29(4)56-8)32-19-30(20-33(53)22-32)21-37(43(55)50-18-11-10-17-46-50)47-42(54)40(28(2)3)48(7)26-51;1-8(2)7-11(10)9-5-3-4-6-9/h12-16,19-20,22-23,26-29,37,40,46,53H,9-11,17-18,21,24-25H2,1-8H3,(H,47,54);7H,3-6H2,1-2H3. The first-order valence-electron chi connectivity index (χ1n) is 23.8. The SMILES string of the molecule is CC(C)=CS(=O)N1CCCC1.CCn1c(-c2cccnc2C(C)OC)c(CC(C)(C)COC=O)c2cc(-c3cc(O)cc(CC(NC(=O)C(C(C)C)N(C)C=O)C(=O)N4CCCCN4)c3)ccc21. The van der Waals surface area contributed by atoms with Crippen molar-refractivity contribution in [2.45, 2.75) is 119 Å². The zero-order valence-corrected chi connectivity index (χ0v) is 42.5. The molecule has 2 fully saturated rings. The van der Waals surface area contributed by atoms with Gasteiger partial charge in [0, 0.05) is 86.8 Å². The second-order valence-corrected chi connectivity index (χ2v) is 20.5. The number of benzene rings is 2. The van der Waals surface area contributed by atoms with Crippen LogP contribution in [0.2, 0.25) is 0 Å². The smallest absolute Gasteiger partial charge is 0.293 e. The van der Waals surface area contributed by atoms with Crippen LogP contribution in [0.25, 0.3) is 33.3 Å². The zero-order valence-electron chi connectivity index (χ0n) is 41.7. The van der Waals surface area contributed by atoms with Gasteiger partial charge in [-0.15, -0.1) is 0 Å². The Morgan fingerprint density at radius 2 is 1.74 bits per heavy atom. The lowest BCUT2D eigenvalue weighted by Gasteiger charge is -2.33. The summed E-state index contributed by atoms with van der Waals surface area (Å²) in [6, 6.07) is 13.7. The molecule has 2 aromatic heterocycles. The summed E-state index contributed by atoms with van der Waals surface area (Å²) >= 11 is 0. The van der Waals surface area contributed by atoms with Gasteiger partial charge in [-0.05, 0) is 124 Å². The van der Waals surface area contributed by atoms with Gasteiger partial charge in [0.25, 0.3) is 12.4 Å². The van der Waals surface area contributed by atoms with E-state index in [-0.39, 0.29) is 36.7 Å². The Labute approximate surface area is 405 Å². The Balaban J connectivity index is 0.000000689. The second kappa shape index (κ2) is 24.7. The fourth-order valence-electron chi connectivity index (χ4n) is 9.14. The molecule has 2 aliphatic heterocycles. The number of hydrogen-bond donors (Lipinski definition) is 3. The number of pyridine rings is 1. The van der Waals surface area contributed by atoms with E-state index >= 15 is 0 Å². The zero-order chi connectivity index (χ0) is 49.7. The van der Waals surface area contributed by atoms with Crippen LogP contribution in [0.5, 0.6) is 5.75 Å². The first kappa shape index (κ1) is 53.5. The highest BCUT2D eigenvalue weighted by Crippen LogP contribution is 2.42. The minimum atomic E-state index is -0.965. The molecule has 6 rings (SSSR count). The monoisotopic (exact) mass is 956 g/mol. The van der Waals surface area contributed by atoms with Gasteiger partial charge < -0.3 is 29.4 Å². The average Bonchev–Trinajstić information content (AvgIpc) is 3.97. The number of nitrogens with one attached hydrogen (secondary N) is 2. The van der Waals surface area contributed by atoms with E-state index < -0.39 is 34.4 Å². The van der Waals surface area contributed by atoms with E-state index in [4.69, 9.17) is 14.5 Å². The fourth-order valence-corrected chi connectivity index (χ4v) is 10.3. The Bertz CT molecular complexity index is 2420. The van der Waals surface area contributed by atoms with Crippen LogP contribution < -0.4 is 10.7 Å². The largest absolute Gasteiger partial charge is 0.508 e. The molecule has 3 amide bonds. The molecule has 0 radical (unpaired) electrons. The predicted molar refractivity (Wildman–Crippen MR) is 268 cm³/mol. The Morgan fingerprint density at radius 1 is 1.01 bits per heavy atom. The van der Waals surface area contributed by atoms with Crippen molar-refractivity contribution in [1.82, 2.24) is 34.5 Å². The topological polar surface area (TPSA) is 176 Å². The first-order chi connectivity index (χ1) is 32.4. The normalized spacial score (nSPS) is 16.0. The van der Waals surface area contributed by atoms with Crippen LogP contribution in [0, 0.1) is 11.3 Å². The van der Waals surface area contributed by atoms with E-state index in [9.17, 15) is 28.5 Å². The molecule has 3 N–H and O–H groups in total. The summed E-state index contributed by atoms with van der Waals surface area (Å²) in [4.78, 5) is 56.7. The van der Waals surface area contributed by atoms with Crippen molar-refractivity contribution in [3.63, 3.8) is 0 Å². The van der Waals surface area contributed by atoms with Gasteiger partial charge in [-0.2, -0.15) is 0 Å². The summed E-state index contributed by atoms with van der Waals surface area (Å²) in [6.45, 7) is 20.4. The summed E-state index contributed by atoms with van der Waals surface area (Å²) in [5.41, 5.74) is 11.0. The van der Waals surface area contributed by atoms with Crippen molar-refractivity contribution in [2.75, 3.05) is 46.9 Å². The minimum Gasteiger partial charge on any atom is -0.508 e. The molecule has 2 aliphatic rings. The molecule has 0 spiro atoms. The van der Waals surface area contributed by atoms with Gasteiger partial charge in [-0.3, -0.25) is 29.2 Å². The van der Waals surface area contributed by atoms with Crippen LogP contribution in [0.15, 0.2) is 65.7 Å². The van der Waals surface area contributed by atoms with E-state index in [1.54, 1.807) is 37.5 Å². The summed E-state index contributed by atoms with van der Waals surface area (Å²) < 4.78 is 26.8. The summed E-state index contributed by atoms with van der Waals surface area (Å²) in [5, 5.41) is 18.5. The number of carbonyl (C=O) groups is 4. The molecule has 0 saturated carbocycles. The molecule has 4 unspecified atom stereocenters. The maximum atomic E-state index is 14.0. The number of nitrogens with zero attached hydrogens (tertiary/aromatic N) is 5. The third kappa shape index (κ3) is 13.6. The molecule has 370 valence electrons. The van der Waals surface area contributed by atoms with E-state index in [1.165, 1.54) is 17.7 Å². The summed E-state index contributed by atoms with van der Waals surface area (Å²) in [7, 11) is 2.37. The first-order valence-corrected chi connectivity index (χ1v) is 24.9. The molecular formula is C52H73N7O8S. The number of phenolic OH excluding ortho intramolecular Hbond substituents is 1. The molecule has 4 aromatic rings. The van der Waals surface area contributed by atoms with Gasteiger partial charge in [-0.1, -0.05) is 45.4 Å². The number of aromatic hydroxyl groups is 1. The van der Waals surface area contributed by atoms with Crippen LogP contribution in [0.3, 0.4) is 0 Å². The number of rotatable bonds is 20. The van der Waals surface area contributed by atoms with Gasteiger partial charge in [0.2, 0.25) is 12.3 Å². The number of hydrazine groups is 1. The molecule has 2 saturated heterocycles. The van der Waals surface area contributed by atoms with Gasteiger partial charge in [0.05, 0.1) is 24.1 Å². The summed E-state index contributed by atoms with van der Waals surface area (Å²) in [6.07, 6.45) is 6.97. The van der Waals surface area contributed by atoms with Gasteiger partial charge in [0.1, 0.15) is 28.8 Å². The number of fused-ring (bicyclic) bond motifs is 1. The molecule has 0 aliphatic carbocycles. The van der Waals surface area contributed by atoms with Crippen molar-refractivity contribution in [3.05, 3.63) is 82.5 Å². The quantitative estimate of drug-likeness (QED) is 0.0754. The number of carbonyl (C=O) groups excluding carboxylic acids is 4. The van der Waals surface area contributed by atoms with Gasteiger partial charge >= 0.3 is 0 Å². The van der Waals surface area contributed by atoms with E-state index in [0.717, 1.165) is 76.0 Å². The molecule has 4 heterocycles. The number of methoxy groups -OCH3 is 1. The maximum Gasteiger partial charge on any atom is 0.293 e. The van der Waals surface area contributed by atoms with Crippen molar-refractivity contribution >= 4 is 46.6 Å². The number of likely N-dealkylation sites (N-methyl/N-ethyl adjacent to an activating group) is 1. The predicted octanol–water partition coefficient (Wildman–Crippen LogP) is 7.48. The van der Waals surface area contributed by atoms with Crippen molar-refractivity contribution < 1.29 is 38.0 Å². The Kier molecular flexibility index (Phi) is 19.5. The van der Waals surface area contributed by atoms with Crippen LogP contribution in [-0.2, 0) is 59.0 Å². The lowest BCUT2D eigenvalue weighted by atomic mass is 9.84. The van der Waals surface area contributed by atoms with Crippen LogP contribution in [-0.4, -0.2) is 117 Å². The molecule has 16 heteroatoms. The lowest BCUT2D eigenvalue weighted by molar-refractivity contribution is -0.142. The van der Waals surface area contributed by atoms with Crippen molar-refractivity contribution in [3.8, 4) is 28.1 Å². The highest BCUT2D eigenvalue weighted by molar-refractivity contribution is 7.85.